The number of nitrogens with one attached hydrogen (secondary N) is 1. The molecule has 0 spiro atoms. The van der Waals surface area contributed by atoms with E-state index in [0.717, 1.165) is 17.8 Å². The van der Waals surface area contributed by atoms with Crippen molar-refractivity contribution >= 4 is 17.5 Å². The standard InChI is InChI=1S/C19H16F2N6O2/c20-15-7-6-14(9-16(15)21)27-17(23-24-25-27)10-22-19(29)12-8-18(28)26(11-12)13-4-2-1-3-5-13/h1-7,9,12H,8,10-11H2,(H,22,29)/t12-/m0/s1. The van der Waals surface area contributed by atoms with Crippen molar-refractivity contribution in [3.63, 3.8) is 0 Å². The Labute approximate surface area is 164 Å². The van der Waals surface area contributed by atoms with Crippen molar-refractivity contribution in [2.24, 2.45) is 5.92 Å². The van der Waals surface area contributed by atoms with E-state index in [1.165, 1.54) is 10.7 Å². The summed E-state index contributed by atoms with van der Waals surface area (Å²) in [6.07, 6.45) is 0.106. The minimum absolute atomic E-state index is 0.0269. The molecular weight excluding hydrogens is 382 g/mol. The van der Waals surface area contributed by atoms with Crippen LogP contribution in [0.2, 0.25) is 0 Å². The number of carbonyl (C=O) groups excluding carboxylic acids is 2. The van der Waals surface area contributed by atoms with Gasteiger partial charge in [-0.1, -0.05) is 18.2 Å². The third-order valence-electron chi connectivity index (χ3n) is 4.67. The summed E-state index contributed by atoms with van der Waals surface area (Å²) in [5.74, 6) is -2.70. The van der Waals surface area contributed by atoms with Crippen molar-refractivity contribution in [1.82, 2.24) is 25.5 Å². The van der Waals surface area contributed by atoms with Gasteiger partial charge in [0.05, 0.1) is 18.2 Å². The Morgan fingerprint density at radius 1 is 1.10 bits per heavy atom. The van der Waals surface area contributed by atoms with Crippen LogP contribution in [0.15, 0.2) is 48.5 Å². The van der Waals surface area contributed by atoms with Crippen LogP contribution in [-0.2, 0) is 16.1 Å². The summed E-state index contributed by atoms with van der Waals surface area (Å²) in [4.78, 5) is 26.4. The van der Waals surface area contributed by atoms with Gasteiger partial charge in [-0.2, -0.15) is 4.68 Å². The molecule has 1 saturated heterocycles. The maximum atomic E-state index is 13.5. The number of nitrogens with zero attached hydrogens (tertiary/aromatic N) is 5. The third kappa shape index (κ3) is 3.82. The average molecular weight is 398 g/mol. The lowest BCUT2D eigenvalue weighted by molar-refractivity contribution is -0.126. The highest BCUT2D eigenvalue weighted by atomic mass is 19.2. The van der Waals surface area contributed by atoms with Gasteiger partial charge in [0.15, 0.2) is 17.5 Å². The van der Waals surface area contributed by atoms with Crippen molar-refractivity contribution in [3.8, 4) is 5.69 Å². The lowest BCUT2D eigenvalue weighted by atomic mass is 10.1. The van der Waals surface area contributed by atoms with Crippen LogP contribution >= 0.6 is 0 Å². The molecule has 0 unspecified atom stereocenters. The van der Waals surface area contributed by atoms with Gasteiger partial charge in [-0.3, -0.25) is 9.59 Å². The second kappa shape index (κ2) is 7.74. The molecule has 1 aliphatic rings. The summed E-state index contributed by atoms with van der Waals surface area (Å²) in [5.41, 5.74) is 0.972. The first-order valence-electron chi connectivity index (χ1n) is 8.89. The number of hydrogen-bond donors (Lipinski definition) is 1. The summed E-state index contributed by atoms with van der Waals surface area (Å²) in [5, 5.41) is 13.8. The van der Waals surface area contributed by atoms with Crippen molar-refractivity contribution in [2.45, 2.75) is 13.0 Å². The van der Waals surface area contributed by atoms with Crippen LogP contribution in [0.1, 0.15) is 12.2 Å². The van der Waals surface area contributed by atoms with Crippen LogP contribution < -0.4 is 10.2 Å². The number of halogens is 2. The van der Waals surface area contributed by atoms with E-state index >= 15 is 0 Å². The zero-order valence-corrected chi connectivity index (χ0v) is 15.1. The number of benzene rings is 2. The molecular formula is C19H16F2N6O2. The summed E-state index contributed by atoms with van der Waals surface area (Å²) in [6.45, 7) is 0.254. The number of carbonyl (C=O) groups is 2. The van der Waals surface area contributed by atoms with Gasteiger partial charge >= 0.3 is 0 Å². The predicted octanol–water partition coefficient (Wildman–Crippen LogP) is 1.61. The highest BCUT2D eigenvalue weighted by molar-refractivity contribution is 6.00. The van der Waals surface area contributed by atoms with Gasteiger partial charge in [-0.25, -0.2) is 8.78 Å². The maximum Gasteiger partial charge on any atom is 0.227 e. The minimum Gasteiger partial charge on any atom is -0.348 e. The summed E-state index contributed by atoms with van der Waals surface area (Å²) in [7, 11) is 0. The number of tetrazole rings is 1. The van der Waals surface area contributed by atoms with Crippen molar-refractivity contribution in [3.05, 3.63) is 66.0 Å². The van der Waals surface area contributed by atoms with Crippen LogP contribution in [0.4, 0.5) is 14.5 Å². The molecule has 8 nitrogen and oxygen atoms in total. The average Bonchev–Trinajstić information content (AvgIpc) is 3.35. The number of aromatic nitrogens is 4. The Morgan fingerprint density at radius 3 is 2.66 bits per heavy atom. The van der Waals surface area contributed by atoms with Gasteiger partial charge in [0.25, 0.3) is 0 Å². The van der Waals surface area contributed by atoms with Crippen molar-refractivity contribution < 1.29 is 18.4 Å². The fourth-order valence-electron chi connectivity index (χ4n) is 3.18. The molecule has 29 heavy (non-hydrogen) atoms. The monoisotopic (exact) mass is 398 g/mol. The fraction of sp³-hybridized carbons (Fsp3) is 0.211. The zero-order chi connectivity index (χ0) is 20.4. The Kier molecular flexibility index (Phi) is 4.98. The molecule has 1 fully saturated rings. The number of para-hydroxylation sites is 1. The van der Waals surface area contributed by atoms with Crippen LogP contribution in [0.25, 0.3) is 5.69 Å². The van der Waals surface area contributed by atoms with E-state index < -0.39 is 17.6 Å². The van der Waals surface area contributed by atoms with Gasteiger partial charge < -0.3 is 10.2 Å². The normalized spacial score (nSPS) is 16.3. The lowest BCUT2D eigenvalue weighted by Gasteiger charge is -2.16. The first kappa shape index (κ1) is 18.7. The molecule has 2 aromatic carbocycles. The van der Waals surface area contributed by atoms with Crippen LogP contribution in [-0.4, -0.2) is 38.6 Å². The number of amides is 2. The Bertz CT molecular complexity index is 1060. The Balaban J connectivity index is 1.41. The van der Waals surface area contributed by atoms with Gasteiger partial charge in [0.2, 0.25) is 11.8 Å². The van der Waals surface area contributed by atoms with Gasteiger partial charge in [0, 0.05) is 24.7 Å². The predicted molar refractivity (Wildman–Crippen MR) is 97.8 cm³/mol. The van der Waals surface area contributed by atoms with E-state index in [2.05, 4.69) is 20.8 Å². The molecule has 2 amide bonds. The third-order valence-corrected chi connectivity index (χ3v) is 4.67. The number of anilines is 1. The maximum absolute atomic E-state index is 13.5. The molecule has 1 atom stereocenters. The largest absolute Gasteiger partial charge is 0.348 e. The molecule has 0 radical (unpaired) electrons. The molecule has 1 aliphatic heterocycles. The number of hydrogen-bond acceptors (Lipinski definition) is 5. The van der Waals surface area contributed by atoms with Crippen LogP contribution in [0.5, 0.6) is 0 Å². The van der Waals surface area contributed by atoms with Crippen LogP contribution in [0.3, 0.4) is 0 Å². The second-order valence-electron chi connectivity index (χ2n) is 6.56. The molecule has 4 rings (SSSR count). The van der Waals surface area contributed by atoms with Crippen LogP contribution in [0, 0.1) is 17.6 Å². The van der Waals surface area contributed by atoms with E-state index in [1.54, 1.807) is 4.90 Å². The summed E-state index contributed by atoms with van der Waals surface area (Å²) in [6, 6.07) is 12.4. The lowest BCUT2D eigenvalue weighted by Crippen LogP contribution is -2.33. The second-order valence-corrected chi connectivity index (χ2v) is 6.56. The van der Waals surface area contributed by atoms with E-state index in [0.29, 0.717) is 0 Å². The quantitative estimate of drug-likeness (QED) is 0.705. The van der Waals surface area contributed by atoms with Gasteiger partial charge in [0.1, 0.15) is 0 Å². The summed E-state index contributed by atoms with van der Waals surface area (Å²) >= 11 is 0. The van der Waals surface area contributed by atoms with E-state index in [9.17, 15) is 18.4 Å². The SMILES string of the molecule is O=C(NCc1nnnn1-c1ccc(F)c(F)c1)[C@H]1CC(=O)N(c2ccccc2)C1. The molecule has 0 bridgehead atoms. The topological polar surface area (TPSA) is 93.0 Å². The first-order valence-corrected chi connectivity index (χ1v) is 8.89. The van der Waals surface area contributed by atoms with E-state index in [1.807, 2.05) is 30.3 Å². The zero-order valence-electron chi connectivity index (χ0n) is 15.1. The smallest absolute Gasteiger partial charge is 0.227 e. The molecule has 1 aromatic heterocycles. The fourth-order valence-corrected chi connectivity index (χ4v) is 3.18. The molecule has 10 heteroatoms. The minimum atomic E-state index is -1.03. The molecule has 2 heterocycles. The first-order chi connectivity index (χ1) is 14.0. The molecule has 0 aliphatic carbocycles. The van der Waals surface area contributed by atoms with Gasteiger partial charge in [-0.05, 0) is 34.7 Å². The highest BCUT2D eigenvalue weighted by Gasteiger charge is 2.35. The van der Waals surface area contributed by atoms with Gasteiger partial charge in [-0.15, -0.1) is 5.10 Å². The van der Waals surface area contributed by atoms with E-state index in [-0.39, 0.29) is 42.8 Å². The van der Waals surface area contributed by atoms with Crippen molar-refractivity contribution in [2.75, 3.05) is 11.4 Å². The number of rotatable bonds is 5. The van der Waals surface area contributed by atoms with Crippen molar-refractivity contribution in [1.29, 1.82) is 0 Å². The Morgan fingerprint density at radius 2 is 1.90 bits per heavy atom. The molecule has 0 saturated carbocycles. The highest BCUT2D eigenvalue weighted by Crippen LogP contribution is 2.25. The molecule has 1 N–H and O–H groups in total. The molecule has 3 aromatic rings. The summed E-state index contributed by atoms with van der Waals surface area (Å²) < 4.78 is 27.8. The molecule has 148 valence electrons. The van der Waals surface area contributed by atoms with E-state index in [4.69, 9.17) is 0 Å². The Hall–Kier alpha value is -3.69.